The molecule has 14 nitrogen and oxygen atoms in total. The number of anilines is 4. The highest BCUT2D eigenvalue weighted by molar-refractivity contribution is 5.57. The molecule has 0 saturated heterocycles. The van der Waals surface area contributed by atoms with Crippen LogP contribution in [-0.4, -0.2) is 48.4 Å². The fourth-order valence-corrected chi connectivity index (χ4v) is 4.55. The topological polar surface area (TPSA) is 211 Å². The van der Waals surface area contributed by atoms with Crippen molar-refractivity contribution in [2.45, 2.75) is 37.5 Å². The standard InChI is InChI=1S/2C15H18N4O3/c2*1-20-11-5-9(8-3-4-8)10(6-12(11)21-2)22-13-7-18-15(17)19-14(13)16/h2*5-8H,3-4H2,1-2H3,(H4,16,17,18,19). The Morgan fingerprint density at radius 3 is 1.14 bits per heavy atom. The van der Waals surface area contributed by atoms with Gasteiger partial charge >= 0.3 is 0 Å². The number of hydrogen-bond donors (Lipinski definition) is 4. The molecule has 0 unspecified atom stereocenters. The van der Waals surface area contributed by atoms with Gasteiger partial charge in [-0.25, -0.2) is 9.97 Å². The van der Waals surface area contributed by atoms with Crippen LogP contribution >= 0.6 is 0 Å². The van der Waals surface area contributed by atoms with Crippen LogP contribution < -0.4 is 51.4 Å². The highest BCUT2D eigenvalue weighted by Crippen LogP contribution is 2.50. The molecular weight excluding hydrogens is 568 g/mol. The number of aromatic nitrogens is 4. The van der Waals surface area contributed by atoms with Crippen molar-refractivity contribution < 1.29 is 28.4 Å². The van der Waals surface area contributed by atoms with E-state index in [1.807, 2.05) is 12.1 Å². The van der Waals surface area contributed by atoms with E-state index in [2.05, 4.69) is 19.9 Å². The SMILES string of the molecule is COc1cc(Oc2cnc(N)nc2N)c(C2CC2)cc1OC.COc1cc(Oc2cnc(N)nc2N)c(C2CC2)cc1OC. The summed E-state index contributed by atoms with van der Waals surface area (Å²) in [5, 5.41) is 0. The third kappa shape index (κ3) is 6.80. The Hall–Kier alpha value is -5.40. The quantitative estimate of drug-likeness (QED) is 0.194. The predicted molar refractivity (Wildman–Crippen MR) is 165 cm³/mol. The molecular formula is C30H36N8O6. The van der Waals surface area contributed by atoms with Crippen molar-refractivity contribution in [3.8, 4) is 46.0 Å². The van der Waals surface area contributed by atoms with Crippen molar-refractivity contribution in [1.82, 2.24) is 19.9 Å². The van der Waals surface area contributed by atoms with Crippen molar-refractivity contribution in [3.05, 3.63) is 47.8 Å². The van der Waals surface area contributed by atoms with Gasteiger partial charge in [-0.05, 0) is 49.7 Å². The van der Waals surface area contributed by atoms with Crippen molar-refractivity contribution >= 4 is 23.5 Å². The molecule has 14 heteroatoms. The lowest BCUT2D eigenvalue weighted by molar-refractivity contribution is 0.351. The number of benzene rings is 2. The van der Waals surface area contributed by atoms with E-state index in [9.17, 15) is 0 Å². The first kappa shape index (κ1) is 30.1. The Morgan fingerprint density at radius 1 is 0.500 bits per heavy atom. The summed E-state index contributed by atoms with van der Waals surface area (Å²) in [6.45, 7) is 0. The van der Waals surface area contributed by atoms with Gasteiger partial charge in [0.05, 0.1) is 40.8 Å². The highest BCUT2D eigenvalue weighted by atomic mass is 16.5. The van der Waals surface area contributed by atoms with Gasteiger partial charge in [-0.3, -0.25) is 0 Å². The van der Waals surface area contributed by atoms with Gasteiger partial charge in [0.25, 0.3) is 0 Å². The average Bonchev–Trinajstić information content (AvgIpc) is 3.94. The molecule has 2 aliphatic rings. The third-order valence-corrected chi connectivity index (χ3v) is 7.11. The molecule has 4 aromatic rings. The molecule has 2 saturated carbocycles. The lowest BCUT2D eigenvalue weighted by Crippen LogP contribution is -2.02. The first-order valence-corrected chi connectivity index (χ1v) is 13.9. The Kier molecular flexibility index (Phi) is 8.78. The molecule has 0 radical (unpaired) electrons. The second-order valence-electron chi connectivity index (χ2n) is 10.2. The van der Waals surface area contributed by atoms with Crippen LogP contribution in [0, 0.1) is 0 Å². The number of ether oxygens (including phenoxy) is 6. The second-order valence-corrected chi connectivity index (χ2v) is 10.2. The predicted octanol–water partition coefficient (Wildman–Crippen LogP) is 4.66. The molecule has 2 fully saturated rings. The third-order valence-electron chi connectivity index (χ3n) is 7.11. The summed E-state index contributed by atoms with van der Waals surface area (Å²) in [5.41, 5.74) is 24.8. The zero-order valence-electron chi connectivity index (χ0n) is 25.0. The van der Waals surface area contributed by atoms with E-state index >= 15 is 0 Å². The maximum atomic E-state index is 5.90. The zero-order valence-corrected chi connectivity index (χ0v) is 25.0. The monoisotopic (exact) mass is 604 g/mol. The highest BCUT2D eigenvalue weighted by Gasteiger charge is 2.30. The molecule has 6 rings (SSSR count). The van der Waals surface area contributed by atoms with Gasteiger partial charge in [0.1, 0.15) is 11.5 Å². The van der Waals surface area contributed by atoms with E-state index in [0.717, 1.165) is 36.8 Å². The Balaban J connectivity index is 0.000000175. The summed E-state index contributed by atoms with van der Waals surface area (Å²) in [4.78, 5) is 15.6. The van der Waals surface area contributed by atoms with Crippen LogP contribution in [0.5, 0.6) is 46.0 Å². The van der Waals surface area contributed by atoms with E-state index in [4.69, 9.17) is 51.4 Å². The van der Waals surface area contributed by atoms with Crippen molar-refractivity contribution in [1.29, 1.82) is 0 Å². The number of rotatable bonds is 10. The van der Waals surface area contributed by atoms with E-state index < -0.39 is 0 Å². The summed E-state index contributed by atoms with van der Waals surface area (Å²) in [6, 6.07) is 7.48. The smallest absolute Gasteiger partial charge is 0.222 e. The largest absolute Gasteiger partial charge is 0.493 e. The fourth-order valence-electron chi connectivity index (χ4n) is 4.55. The molecule has 0 amide bonds. The van der Waals surface area contributed by atoms with Gasteiger partial charge in [-0.2, -0.15) is 9.97 Å². The lowest BCUT2D eigenvalue weighted by atomic mass is 10.1. The molecule has 232 valence electrons. The van der Waals surface area contributed by atoms with E-state index in [0.29, 0.717) is 57.8 Å². The Labute approximate surface area is 254 Å². The van der Waals surface area contributed by atoms with Gasteiger partial charge in [0, 0.05) is 23.3 Å². The van der Waals surface area contributed by atoms with Gasteiger partial charge in [0.2, 0.25) is 11.9 Å². The molecule has 2 aromatic heterocycles. The first-order chi connectivity index (χ1) is 21.2. The Bertz CT molecular complexity index is 1520. The number of nitrogen functional groups attached to an aromatic ring is 4. The number of hydrogen-bond acceptors (Lipinski definition) is 14. The average molecular weight is 605 g/mol. The summed E-state index contributed by atoms with van der Waals surface area (Å²) >= 11 is 0. The van der Waals surface area contributed by atoms with Crippen LogP contribution in [0.4, 0.5) is 23.5 Å². The summed E-state index contributed by atoms with van der Waals surface area (Å²) in [5.74, 6) is 6.15. The van der Waals surface area contributed by atoms with Gasteiger partial charge in [0.15, 0.2) is 46.1 Å². The van der Waals surface area contributed by atoms with Crippen molar-refractivity contribution in [3.63, 3.8) is 0 Å². The van der Waals surface area contributed by atoms with E-state index in [1.54, 1.807) is 40.6 Å². The van der Waals surface area contributed by atoms with Crippen molar-refractivity contribution in [2.24, 2.45) is 0 Å². The van der Waals surface area contributed by atoms with E-state index in [-0.39, 0.29) is 23.5 Å². The fraction of sp³-hybridized carbons (Fsp3) is 0.333. The summed E-state index contributed by atoms with van der Waals surface area (Å²) < 4.78 is 33.2. The van der Waals surface area contributed by atoms with Gasteiger partial charge in [-0.15, -0.1) is 0 Å². The molecule has 44 heavy (non-hydrogen) atoms. The maximum absolute atomic E-state index is 5.90. The minimum Gasteiger partial charge on any atom is -0.493 e. The molecule has 2 aromatic carbocycles. The molecule has 2 aliphatic carbocycles. The number of nitrogens with zero attached hydrogens (tertiary/aromatic N) is 4. The Morgan fingerprint density at radius 2 is 0.841 bits per heavy atom. The molecule has 2 heterocycles. The van der Waals surface area contributed by atoms with Gasteiger partial charge < -0.3 is 51.4 Å². The van der Waals surface area contributed by atoms with Crippen LogP contribution in [0.25, 0.3) is 0 Å². The second kappa shape index (κ2) is 12.9. The minimum absolute atomic E-state index is 0.111. The minimum atomic E-state index is 0.111. The van der Waals surface area contributed by atoms with Crippen molar-refractivity contribution in [2.75, 3.05) is 51.4 Å². The molecule has 0 aliphatic heterocycles. The lowest BCUT2D eigenvalue weighted by Gasteiger charge is -2.15. The first-order valence-electron chi connectivity index (χ1n) is 13.9. The van der Waals surface area contributed by atoms with Crippen LogP contribution in [0.2, 0.25) is 0 Å². The van der Waals surface area contributed by atoms with E-state index in [1.165, 1.54) is 12.4 Å². The zero-order chi connectivity index (χ0) is 31.4. The molecule has 0 bridgehead atoms. The summed E-state index contributed by atoms with van der Waals surface area (Å²) in [7, 11) is 6.39. The van der Waals surface area contributed by atoms with Crippen LogP contribution in [0.3, 0.4) is 0 Å². The molecule has 8 N–H and O–H groups in total. The molecule has 0 atom stereocenters. The summed E-state index contributed by atoms with van der Waals surface area (Å²) in [6.07, 6.45) is 7.42. The van der Waals surface area contributed by atoms with Crippen LogP contribution in [0.15, 0.2) is 36.7 Å². The number of nitrogens with two attached hydrogens (primary N) is 4. The van der Waals surface area contributed by atoms with Gasteiger partial charge in [-0.1, -0.05) is 0 Å². The maximum Gasteiger partial charge on any atom is 0.222 e. The molecule has 0 spiro atoms. The van der Waals surface area contributed by atoms with Crippen LogP contribution in [0.1, 0.15) is 48.6 Å². The number of methoxy groups -OCH3 is 4. The normalized spacial score (nSPS) is 13.7. The van der Waals surface area contributed by atoms with Crippen LogP contribution in [-0.2, 0) is 0 Å².